The highest BCUT2D eigenvalue weighted by Gasteiger charge is 1.95. The molecule has 0 aliphatic carbocycles. The summed E-state index contributed by atoms with van der Waals surface area (Å²) in [6.07, 6.45) is 34.4. The molecule has 0 aromatic heterocycles. The van der Waals surface area contributed by atoms with Crippen molar-refractivity contribution in [2.75, 3.05) is 13.2 Å². The number of carboxylic acid groups (broad SMARTS) is 4. The minimum atomic E-state index is -1.83. The predicted molar refractivity (Wildman–Crippen MR) is 179 cm³/mol. The van der Waals surface area contributed by atoms with Crippen LogP contribution < -0.4 is 0 Å². The molecule has 0 fully saturated rings. The van der Waals surface area contributed by atoms with E-state index in [1.165, 1.54) is 167 Å². The maximum Gasteiger partial charge on any atom is 0.503 e. The molecule has 268 valence electrons. The summed E-state index contributed by atoms with van der Waals surface area (Å²) >= 11 is 0. The molecule has 0 saturated carbocycles. The lowest BCUT2D eigenvalue weighted by Gasteiger charge is -2.02. The van der Waals surface area contributed by atoms with Crippen LogP contribution in [0.3, 0.4) is 0 Å². The second-order valence-electron chi connectivity index (χ2n) is 11.4. The first-order valence-electron chi connectivity index (χ1n) is 17.7. The van der Waals surface area contributed by atoms with Gasteiger partial charge >= 0.3 is 12.3 Å². The first-order chi connectivity index (χ1) is 21.3. The van der Waals surface area contributed by atoms with Gasteiger partial charge in [0.15, 0.2) is 0 Å². The molecule has 44 heavy (non-hydrogen) atoms. The topological polar surface area (TPSA) is 174 Å². The van der Waals surface area contributed by atoms with E-state index in [9.17, 15) is 0 Å². The van der Waals surface area contributed by atoms with E-state index >= 15 is 0 Å². The van der Waals surface area contributed by atoms with Gasteiger partial charge < -0.3 is 20.4 Å². The fraction of sp³-hybridized carbons (Fsp3) is 0.941. The summed E-state index contributed by atoms with van der Waals surface area (Å²) in [6.45, 7) is 5.55. The Bertz CT molecular complexity index is 422. The van der Waals surface area contributed by atoms with Crippen molar-refractivity contribution in [1.82, 2.24) is 0 Å². The fourth-order valence-corrected chi connectivity index (χ4v) is 4.72. The molecule has 0 heterocycles. The summed E-state index contributed by atoms with van der Waals surface area (Å²) in [5.41, 5.74) is 0. The molecule has 0 amide bonds. The van der Waals surface area contributed by atoms with Gasteiger partial charge in [0.05, 0.1) is 13.2 Å². The van der Waals surface area contributed by atoms with Crippen LogP contribution in [0.4, 0.5) is 9.59 Å². The van der Waals surface area contributed by atoms with Crippen LogP contribution in [0.2, 0.25) is 0 Å². The van der Waals surface area contributed by atoms with Crippen LogP contribution in [0.25, 0.3) is 0 Å². The van der Waals surface area contributed by atoms with Gasteiger partial charge in [0, 0.05) is 0 Å². The Morgan fingerprint density at radius 3 is 0.614 bits per heavy atom. The van der Waals surface area contributed by atoms with E-state index in [2.05, 4.69) is 23.6 Å². The monoisotopic (exact) mass is 641 g/mol. The lowest BCUT2D eigenvalue weighted by atomic mass is 10.0. The van der Waals surface area contributed by atoms with E-state index in [4.69, 9.17) is 40.5 Å². The predicted octanol–water partition coefficient (Wildman–Crippen LogP) is 12.4. The van der Waals surface area contributed by atoms with E-state index in [1.54, 1.807) is 0 Å². The lowest BCUT2D eigenvalue weighted by Crippen LogP contribution is -1.88. The largest absolute Gasteiger partial charge is 0.503 e. The van der Waals surface area contributed by atoms with Crippen molar-refractivity contribution in [2.45, 2.75) is 194 Å². The Morgan fingerprint density at radius 1 is 0.341 bits per heavy atom. The van der Waals surface area contributed by atoms with Crippen LogP contribution in [0.15, 0.2) is 0 Å². The van der Waals surface area contributed by atoms with Gasteiger partial charge in [-0.1, -0.05) is 181 Å². The first kappa shape index (κ1) is 49.3. The van der Waals surface area contributed by atoms with Gasteiger partial charge in [0.2, 0.25) is 0 Å². The third-order valence-electron chi connectivity index (χ3n) is 7.18. The molecule has 10 heteroatoms. The molecular formula is C34H72O10. The van der Waals surface area contributed by atoms with Crippen molar-refractivity contribution >= 4 is 12.3 Å². The molecule has 0 radical (unpaired) electrons. The average molecular weight is 641 g/mol. The molecule has 0 bridgehead atoms. The minimum absolute atomic E-state index is 0.498. The van der Waals surface area contributed by atoms with Crippen molar-refractivity contribution in [3.63, 3.8) is 0 Å². The zero-order valence-electron chi connectivity index (χ0n) is 28.5. The Morgan fingerprint density at radius 2 is 0.477 bits per heavy atom. The molecule has 0 rings (SSSR count). The van der Waals surface area contributed by atoms with Crippen LogP contribution in [0, 0.1) is 0 Å². The fourth-order valence-electron chi connectivity index (χ4n) is 4.72. The summed E-state index contributed by atoms with van der Waals surface area (Å²) in [5.74, 6) is 0. The number of hydrogen-bond donors (Lipinski definition) is 6. The maximum atomic E-state index is 8.56. The quantitative estimate of drug-likeness (QED) is 0.0252. The van der Waals surface area contributed by atoms with Crippen molar-refractivity contribution in [3.05, 3.63) is 0 Å². The van der Waals surface area contributed by atoms with E-state index in [0.29, 0.717) is 13.2 Å². The smallest absolute Gasteiger partial charge is 0.450 e. The van der Waals surface area contributed by atoms with E-state index in [0.717, 1.165) is 12.8 Å². The molecule has 10 nitrogen and oxygen atoms in total. The van der Waals surface area contributed by atoms with Crippen molar-refractivity contribution in [1.29, 1.82) is 0 Å². The molecule has 0 atom stereocenters. The van der Waals surface area contributed by atoms with E-state index < -0.39 is 12.3 Å². The molecule has 0 aromatic rings. The van der Waals surface area contributed by atoms with Crippen LogP contribution >= 0.6 is 0 Å². The highest BCUT2D eigenvalue weighted by atomic mass is 17.1. The van der Waals surface area contributed by atoms with Crippen LogP contribution in [-0.2, 0) is 9.78 Å². The first-order valence-corrected chi connectivity index (χ1v) is 17.7. The third kappa shape index (κ3) is 77.7. The van der Waals surface area contributed by atoms with Crippen LogP contribution in [0.1, 0.15) is 194 Å². The summed E-state index contributed by atoms with van der Waals surface area (Å²) in [7, 11) is 0. The average Bonchev–Trinajstić information content (AvgIpc) is 2.97. The Labute approximate surface area is 269 Å². The highest BCUT2D eigenvalue weighted by Crippen LogP contribution is 2.14. The van der Waals surface area contributed by atoms with E-state index in [-0.39, 0.29) is 0 Å². The van der Waals surface area contributed by atoms with Crippen molar-refractivity contribution < 1.29 is 50.3 Å². The second kappa shape index (κ2) is 51.0. The van der Waals surface area contributed by atoms with Gasteiger partial charge in [0.25, 0.3) is 0 Å². The molecule has 0 unspecified atom stereocenters. The SMILES string of the molecule is CCCCCCCCCCCCCCCCOO.CCCCCCCCCCCCCCCCOO.O=C(O)O.O=C(O)O. The van der Waals surface area contributed by atoms with Gasteiger partial charge in [-0.25, -0.2) is 19.4 Å². The van der Waals surface area contributed by atoms with Gasteiger partial charge in [-0.15, -0.1) is 0 Å². The molecule has 0 aliphatic rings. The normalized spacial score (nSPS) is 10.1. The summed E-state index contributed by atoms with van der Waals surface area (Å²) < 4.78 is 0. The van der Waals surface area contributed by atoms with Gasteiger partial charge in [-0.3, -0.25) is 10.5 Å². The minimum Gasteiger partial charge on any atom is -0.450 e. The molecule has 6 N–H and O–H groups in total. The summed E-state index contributed by atoms with van der Waals surface area (Å²) in [6, 6.07) is 0. The van der Waals surface area contributed by atoms with Crippen molar-refractivity contribution in [3.8, 4) is 0 Å². The third-order valence-corrected chi connectivity index (χ3v) is 7.18. The lowest BCUT2D eigenvalue weighted by molar-refractivity contribution is -0.242. The van der Waals surface area contributed by atoms with Gasteiger partial charge in [0.1, 0.15) is 0 Å². The van der Waals surface area contributed by atoms with Crippen LogP contribution in [0.5, 0.6) is 0 Å². The zero-order valence-corrected chi connectivity index (χ0v) is 28.5. The van der Waals surface area contributed by atoms with E-state index in [1.807, 2.05) is 0 Å². The molecule has 0 saturated heterocycles. The Hall–Kier alpha value is -1.62. The number of carbonyl (C=O) groups is 2. The molecule has 0 aromatic carbocycles. The van der Waals surface area contributed by atoms with Gasteiger partial charge in [-0.05, 0) is 12.8 Å². The molecular weight excluding hydrogens is 568 g/mol. The van der Waals surface area contributed by atoms with Crippen molar-refractivity contribution in [2.24, 2.45) is 0 Å². The standard InChI is InChI=1S/2C16H34O2.2CH2O3/c2*1-2-3-4-5-6-7-8-9-10-11-12-13-14-15-16-18-17;2*2-1(3)4/h2*17H,2-16H2,1H3;2*(H2,2,3,4). The number of rotatable bonds is 30. The Balaban J connectivity index is -0.000000292. The second-order valence-corrected chi connectivity index (χ2v) is 11.4. The Kier molecular flexibility index (Phi) is 57.1. The van der Waals surface area contributed by atoms with Gasteiger partial charge in [-0.2, -0.15) is 0 Å². The highest BCUT2D eigenvalue weighted by molar-refractivity contribution is 5.53. The summed E-state index contributed by atoms with van der Waals surface area (Å²) in [4.78, 5) is 25.2. The molecule has 0 aliphatic heterocycles. The summed E-state index contributed by atoms with van der Waals surface area (Å²) in [5, 5.41) is 44.2. The number of unbranched alkanes of at least 4 members (excludes halogenated alkanes) is 26. The number of hydrogen-bond acceptors (Lipinski definition) is 6. The maximum absolute atomic E-state index is 8.56. The van der Waals surface area contributed by atoms with Crippen LogP contribution in [-0.4, -0.2) is 56.5 Å². The molecule has 0 spiro atoms. The zero-order chi connectivity index (χ0) is 33.8.